The molecule has 0 amide bonds. The van der Waals surface area contributed by atoms with Crippen molar-refractivity contribution in [3.8, 4) is 11.4 Å². The molecule has 11 heteroatoms. The first-order chi connectivity index (χ1) is 16.4. The second-order valence-electron chi connectivity index (χ2n) is 7.48. The Balaban J connectivity index is 1.63. The highest BCUT2D eigenvalue weighted by atomic mass is 32.2. The van der Waals surface area contributed by atoms with Crippen LogP contribution in [0.25, 0.3) is 11.4 Å². The fourth-order valence-corrected chi connectivity index (χ4v) is 4.44. The van der Waals surface area contributed by atoms with Crippen LogP contribution in [0.2, 0.25) is 0 Å². The molecule has 4 aromatic rings. The average molecular weight is 478 g/mol. The number of hydrogen-bond donors (Lipinski definition) is 1. The number of nitrogens with zero attached hydrogens (tertiary/aromatic N) is 6. The molecule has 0 unspecified atom stereocenters. The number of ketones is 1. The van der Waals surface area contributed by atoms with Crippen LogP contribution in [0.5, 0.6) is 0 Å². The lowest BCUT2D eigenvalue weighted by atomic mass is 10.2. The van der Waals surface area contributed by atoms with E-state index < -0.39 is 17.0 Å². The number of carbonyl (C=O) groups excluding carboxylic acids is 1. The highest BCUT2D eigenvalue weighted by Gasteiger charge is 2.23. The Morgan fingerprint density at radius 2 is 1.74 bits per heavy atom. The minimum Gasteiger partial charge on any atom is -0.384 e. The monoisotopic (exact) mass is 477 g/mol. The standard InChI is InChI=1S/C23H23N7O3S/c1-3-29-20(16-9-11-25-12-10-16)26-27-22(29)34-14-17(31)18-19(24)30(23(33)28(2)21(18)32)13-15-7-5-4-6-8-15/h4-12H,3,13-14,24H2,1-2H3. The molecule has 0 aliphatic carbocycles. The van der Waals surface area contributed by atoms with Gasteiger partial charge in [-0.1, -0.05) is 42.1 Å². The SMILES string of the molecule is CCn1c(SCC(=O)c2c(N)n(Cc3ccccc3)c(=O)n(C)c2=O)nnc1-c1ccncc1. The van der Waals surface area contributed by atoms with Crippen LogP contribution in [-0.4, -0.2) is 40.4 Å². The highest BCUT2D eigenvalue weighted by molar-refractivity contribution is 7.99. The van der Waals surface area contributed by atoms with Crippen LogP contribution in [0.4, 0.5) is 5.82 Å². The van der Waals surface area contributed by atoms with E-state index in [-0.39, 0.29) is 23.7 Å². The van der Waals surface area contributed by atoms with Gasteiger partial charge in [-0.15, -0.1) is 10.2 Å². The maximum Gasteiger partial charge on any atom is 0.332 e. The van der Waals surface area contributed by atoms with E-state index in [1.165, 1.54) is 11.6 Å². The number of benzene rings is 1. The van der Waals surface area contributed by atoms with Gasteiger partial charge in [0.25, 0.3) is 5.56 Å². The number of anilines is 1. The maximum absolute atomic E-state index is 13.1. The quantitative estimate of drug-likeness (QED) is 0.300. The molecule has 0 aliphatic rings. The smallest absolute Gasteiger partial charge is 0.332 e. The van der Waals surface area contributed by atoms with Crippen molar-refractivity contribution in [3.05, 3.63) is 86.8 Å². The van der Waals surface area contributed by atoms with Crippen LogP contribution in [-0.2, 0) is 20.1 Å². The molecular formula is C23H23N7O3S. The van der Waals surface area contributed by atoms with Crippen molar-refractivity contribution in [2.75, 3.05) is 11.5 Å². The van der Waals surface area contributed by atoms with Gasteiger partial charge in [0.2, 0.25) is 0 Å². The van der Waals surface area contributed by atoms with Crippen molar-refractivity contribution >= 4 is 23.4 Å². The van der Waals surface area contributed by atoms with Gasteiger partial charge in [-0.2, -0.15) is 0 Å². The van der Waals surface area contributed by atoms with Crippen molar-refractivity contribution in [1.82, 2.24) is 28.9 Å². The van der Waals surface area contributed by atoms with E-state index in [0.717, 1.165) is 27.5 Å². The van der Waals surface area contributed by atoms with E-state index in [1.807, 2.05) is 54.0 Å². The summed E-state index contributed by atoms with van der Waals surface area (Å²) in [7, 11) is 1.34. The van der Waals surface area contributed by atoms with E-state index in [2.05, 4.69) is 15.2 Å². The number of hydrogen-bond acceptors (Lipinski definition) is 8. The maximum atomic E-state index is 13.1. The molecule has 4 rings (SSSR count). The van der Waals surface area contributed by atoms with Crippen molar-refractivity contribution < 1.29 is 4.79 Å². The van der Waals surface area contributed by atoms with Crippen LogP contribution >= 0.6 is 11.8 Å². The summed E-state index contributed by atoms with van der Waals surface area (Å²) in [6, 6.07) is 12.9. The number of nitrogen functional groups attached to an aromatic ring is 1. The number of thioether (sulfide) groups is 1. The molecule has 0 aliphatic heterocycles. The lowest BCUT2D eigenvalue weighted by molar-refractivity contribution is 0.102. The predicted molar refractivity (Wildman–Crippen MR) is 130 cm³/mol. The number of Topliss-reactive ketones (excluding diaryl/α,β-unsaturated/α-hetero) is 1. The van der Waals surface area contributed by atoms with Gasteiger partial charge < -0.3 is 10.3 Å². The first-order valence-electron chi connectivity index (χ1n) is 10.5. The van der Waals surface area contributed by atoms with E-state index in [1.54, 1.807) is 12.4 Å². The normalized spacial score (nSPS) is 11.0. The fourth-order valence-electron chi connectivity index (χ4n) is 3.56. The van der Waals surface area contributed by atoms with Crippen LogP contribution in [0.3, 0.4) is 0 Å². The molecule has 1 aromatic carbocycles. The van der Waals surface area contributed by atoms with Gasteiger partial charge in [0.05, 0.1) is 12.3 Å². The van der Waals surface area contributed by atoms with Crippen molar-refractivity contribution in [1.29, 1.82) is 0 Å². The van der Waals surface area contributed by atoms with Gasteiger partial charge in [0.1, 0.15) is 11.4 Å². The Morgan fingerprint density at radius 3 is 2.41 bits per heavy atom. The van der Waals surface area contributed by atoms with Gasteiger partial charge in [-0.25, -0.2) is 4.79 Å². The lowest BCUT2D eigenvalue weighted by Gasteiger charge is -2.14. The first kappa shape index (κ1) is 23.2. The lowest BCUT2D eigenvalue weighted by Crippen LogP contribution is -2.43. The number of rotatable bonds is 8. The number of pyridine rings is 1. The van der Waals surface area contributed by atoms with Crippen LogP contribution < -0.4 is 17.0 Å². The van der Waals surface area contributed by atoms with Gasteiger partial charge >= 0.3 is 5.69 Å². The minimum absolute atomic E-state index is 0.0859. The zero-order valence-electron chi connectivity index (χ0n) is 18.7. The zero-order valence-corrected chi connectivity index (χ0v) is 19.5. The Kier molecular flexibility index (Phi) is 6.73. The third-order valence-corrected chi connectivity index (χ3v) is 6.32. The Labute approximate surface area is 199 Å². The minimum atomic E-state index is -0.716. The van der Waals surface area contributed by atoms with Gasteiger partial charge in [-0.3, -0.25) is 23.7 Å². The van der Waals surface area contributed by atoms with Gasteiger partial charge in [0.15, 0.2) is 16.8 Å². The molecule has 0 fully saturated rings. The van der Waals surface area contributed by atoms with Crippen LogP contribution in [0.15, 0.2) is 69.6 Å². The molecule has 0 saturated heterocycles. The summed E-state index contributed by atoms with van der Waals surface area (Å²) in [5.74, 6) is -0.0537. The molecule has 0 saturated carbocycles. The third-order valence-electron chi connectivity index (χ3n) is 5.35. The number of nitrogens with two attached hydrogens (primary N) is 1. The second-order valence-corrected chi connectivity index (χ2v) is 8.42. The van der Waals surface area contributed by atoms with E-state index >= 15 is 0 Å². The summed E-state index contributed by atoms with van der Waals surface area (Å²) in [4.78, 5) is 42.6. The van der Waals surface area contributed by atoms with E-state index in [0.29, 0.717) is 17.5 Å². The molecule has 0 spiro atoms. The summed E-state index contributed by atoms with van der Waals surface area (Å²) >= 11 is 1.16. The molecule has 174 valence electrons. The van der Waals surface area contributed by atoms with Crippen molar-refractivity contribution in [2.24, 2.45) is 7.05 Å². The summed E-state index contributed by atoms with van der Waals surface area (Å²) in [5.41, 5.74) is 6.36. The van der Waals surface area contributed by atoms with Crippen LogP contribution in [0.1, 0.15) is 22.8 Å². The van der Waals surface area contributed by atoms with Crippen LogP contribution in [0, 0.1) is 0 Å². The molecule has 3 aromatic heterocycles. The van der Waals surface area contributed by atoms with E-state index in [9.17, 15) is 14.4 Å². The summed E-state index contributed by atoms with van der Waals surface area (Å²) in [5, 5.41) is 9.00. The summed E-state index contributed by atoms with van der Waals surface area (Å²) in [6.07, 6.45) is 3.34. The average Bonchev–Trinajstić information content (AvgIpc) is 3.28. The van der Waals surface area contributed by atoms with Crippen molar-refractivity contribution in [3.63, 3.8) is 0 Å². The summed E-state index contributed by atoms with van der Waals surface area (Å²) in [6.45, 7) is 2.69. The molecule has 3 heterocycles. The van der Waals surface area contributed by atoms with Gasteiger partial charge in [0, 0.05) is 31.5 Å². The Bertz CT molecular complexity index is 1440. The summed E-state index contributed by atoms with van der Waals surface area (Å²) < 4.78 is 4.03. The number of carbonyl (C=O) groups is 1. The first-order valence-corrected chi connectivity index (χ1v) is 11.5. The third kappa shape index (κ3) is 4.42. The molecule has 0 radical (unpaired) electrons. The molecule has 0 atom stereocenters. The highest BCUT2D eigenvalue weighted by Crippen LogP contribution is 2.24. The Morgan fingerprint density at radius 1 is 1.03 bits per heavy atom. The second kappa shape index (κ2) is 9.87. The topological polar surface area (TPSA) is 131 Å². The molecule has 0 bridgehead atoms. The number of aromatic nitrogens is 6. The molecule has 34 heavy (non-hydrogen) atoms. The fraction of sp³-hybridized carbons (Fsp3) is 0.217. The zero-order chi connectivity index (χ0) is 24.2. The largest absolute Gasteiger partial charge is 0.384 e. The molecule has 2 N–H and O–H groups in total. The van der Waals surface area contributed by atoms with Gasteiger partial charge in [-0.05, 0) is 24.6 Å². The molecule has 10 nitrogen and oxygen atoms in total. The van der Waals surface area contributed by atoms with Crippen molar-refractivity contribution in [2.45, 2.75) is 25.2 Å². The predicted octanol–water partition coefficient (Wildman–Crippen LogP) is 1.83. The molecular weight excluding hydrogens is 454 g/mol. The Hall–Kier alpha value is -3.99. The van der Waals surface area contributed by atoms with E-state index in [4.69, 9.17) is 5.73 Å².